The van der Waals surface area contributed by atoms with Gasteiger partial charge < -0.3 is 5.73 Å². The summed E-state index contributed by atoms with van der Waals surface area (Å²) in [5.41, 5.74) is 5.56. The molecule has 0 aromatic rings. The topological polar surface area (TPSA) is 53.1 Å². The van der Waals surface area contributed by atoms with Crippen LogP contribution >= 0.6 is 0 Å². The van der Waals surface area contributed by atoms with Gasteiger partial charge in [0.15, 0.2) is 0 Å². The molecule has 0 aliphatic heterocycles. The molecule has 1 aliphatic rings. The highest BCUT2D eigenvalue weighted by Gasteiger charge is 2.21. The Balaban J connectivity index is 2.37. The van der Waals surface area contributed by atoms with Gasteiger partial charge >= 0.3 is 0 Å². The molecule has 0 amide bonds. The van der Waals surface area contributed by atoms with E-state index in [1.54, 1.807) is 0 Å². The lowest BCUT2D eigenvalue weighted by Gasteiger charge is -2.28. The zero-order valence-electron chi connectivity index (χ0n) is 9.42. The number of rotatable bonds is 5. The number of likely N-dealkylation sites (N-methyl/N-ethyl adjacent to an activating group) is 1. The van der Waals surface area contributed by atoms with Crippen molar-refractivity contribution in [2.45, 2.75) is 45.1 Å². The predicted octanol–water partition coefficient (Wildman–Crippen LogP) is 1.82. The molecule has 3 N–H and O–H groups in total. The predicted molar refractivity (Wildman–Crippen MR) is 60.6 cm³/mol. The molecular formula is C11H23N3. The number of nitrogens with one attached hydrogen (secondary N) is 1. The molecule has 0 radical (unpaired) electrons. The smallest absolute Gasteiger partial charge is 0.108 e. The highest BCUT2D eigenvalue weighted by Crippen LogP contribution is 2.25. The van der Waals surface area contributed by atoms with Crippen molar-refractivity contribution >= 4 is 5.84 Å². The fourth-order valence-corrected chi connectivity index (χ4v) is 2.50. The molecule has 0 spiro atoms. The largest absolute Gasteiger partial charge is 0.386 e. The van der Waals surface area contributed by atoms with Gasteiger partial charge in [0, 0.05) is 6.54 Å². The summed E-state index contributed by atoms with van der Waals surface area (Å²) in [7, 11) is 2.09. The Bertz CT molecular complexity index is 185. The van der Waals surface area contributed by atoms with Crippen LogP contribution in [0, 0.1) is 11.3 Å². The van der Waals surface area contributed by atoms with Crippen LogP contribution in [0.1, 0.15) is 39.0 Å². The van der Waals surface area contributed by atoms with E-state index < -0.39 is 0 Å². The van der Waals surface area contributed by atoms with E-state index in [1.807, 2.05) is 0 Å². The zero-order chi connectivity index (χ0) is 10.6. The van der Waals surface area contributed by atoms with Crippen molar-refractivity contribution in [3.8, 4) is 0 Å². The maximum atomic E-state index is 7.49. The minimum absolute atomic E-state index is 0.149. The molecule has 3 nitrogen and oxygen atoms in total. The fourth-order valence-electron chi connectivity index (χ4n) is 2.50. The van der Waals surface area contributed by atoms with Gasteiger partial charge in [0.2, 0.25) is 0 Å². The molecule has 1 saturated carbocycles. The average Bonchev–Trinajstić information content (AvgIpc) is 2.57. The molecule has 0 bridgehead atoms. The molecule has 1 unspecified atom stereocenters. The average molecular weight is 197 g/mol. The van der Waals surface area contributed by atoms with Gasteiger partial charge in [-0.2, -0.15) is 0 Å². The number of amidine groups is 1. The molecule has 14 heavy (non-hydrogen) atoms. The number of hydrogen-bond donors (Lipinski definition) is 2. The molecule has 1 atom stereocenters. The lowest BCUT2D eigenvalue weighted by Crippen LogP contribution is -2.43. The highest BCUT2D eigenvalue weighted by molar-refractivity contribution is 5.82. The standard InChI is InChI=1S/C11H23N3/c1-3-10(11(12)13)14(2)8-9-6-4-5-7-9/h9-10H,3-8H2,1-2H3,(H3,12,13). The molecule has 82 valence electrons. The van der Waals surface area contributed by atoms with Crippen LogP contribution < -0.4 is 5.73 Å². The van der Waals surface area contributed by atoms with E-state index in [-0.39, 0.29) is 6.04 Å². The number of nitrogens with two attached hydrogens (primary N) is 1. The van der Waals surface area contributed by atoms with Crippen LogP contribution in [0.2, 0.25) is 0 Å². The highest BCUT2D eigenvalue weighted by atomic mass is 15.1. The summed E-state index contributed by atoms with van der Waals surface area (Å²) in [5.74, 6) is 1.15. The van der Waals surface area contributed by atoms with Crippen molar-refractivity contribution in [2.75, 3.05) is 13.6 Å². The van der Waals surface area contributed by atoms with E-state index in [0.29, 0.717) is 5.84 Å². The number of hydrogen-bond acceptors (Lipinski definition) is 2. The molecule has 0 heterocycles. The van der Waals surface area contributed by atoms with Crippen LogP contribution in [0.3, 0.4) is 0 Å². The van der Waals surface area contributed by atoms with Gasteiger partial charge in [-0.05, 0) is 32.2 Å². The van der Waals surface area contributed by atoms with Crippen LogP contribution in [-0.4, -0.2) is 30.4 Å². The van der Waals surface area contributed by atoms with Crippen LogP contribution in [-0.2, 0) is 0 Å². The van der Waals surface area contributed by atoms with Crippen LogP contribution in [0.15, 0.2) is 0 Å². The third-order valence-corrected chi connectivity index (χ3v) is 3.30. The third kappa shape index (κ3) is 2.98. The first-order valence-electron chi connectivity index (χ1n) is 5.69. The monoisotopic (exact) mass is 197 g/mol. The van der Waals surface area contributed by atoms with Gasteiger partial charge in [0.25, 0.3) is 0 Å². The molecule has 1 fully saturated rings. The quantitative estimate of drug-likeness (QED) is 0.522. The Labute approximate surface area is 87.2 Å². The van der Waals surface area contributed by atoms with E-state index in [2.05, 4.69) is 18.9 Å². The summed E-state index contributed by atoms with van der Waals surface area (Å²) in [6.45, 7) is 3.20. The van der Waals surface area contributed by atoms with Crippen LogP contribution in [0.5, 0.6) is 0 Å². The van der Waals surface area contributed by atoms with Crippen LogP contribution in [0.4, 0.5) is 0 Å². The Morgan fingerprint density at radius 2 is 2.07 bits per heavy atom. The van der Waals surface area contributed by atoms with Crippen molar-refractivity contribution in [3.63, 3.8) is 0 Å². The van der Waals surface area contributed by atoms with Gasteiger partial charge in [-0.1, -0.05) is 19.8 Å². The molecule has 0 saturated heterocycles. The van der Waals surface area contributed by atoms with E-state index in [9.17, 15) is 0 Å². The van der Waals surface area contributed by atoms with Crippen molar-refractivity contribution in [2.24, 2.45) is 11.7 Å². The van der Waals surface area contributed by atoms with Crippen molar-refractivity contribution in [1.82, 2.24) is 4.90 Å². The molecule has 3 heteroatoms. The first-order chi connectivity index (χ1) is 6.65. The van der Waals surface area contributed by atoms with E-state index in [0.717, 1.165) is 18.9 Å². The second kappa shape index (κ2) is 5.35. The maximum absolute atomic E-state index is 7.49. The Morgan fingerprint density at radius 3 is 2.50 bits per heavy atom. The van der Waals surface area contributed by atoms with Crippen LogP contribution in [0.25, 0.3) is 0 Å². The molecule has 1 rings (SSSR count). The minimum atomic E-state index is 0.149. The van der Waals surface area contributed by atoms with Gasteiger partial charge in [0.1, 0.15) is 5.84 Å². The molecule has 1 aliphatic carbocycles. The normalized spacial score (nSPS) is 20.2. The lowest BCUT2D eigenvalue weighted by atomic mass is 10.1. The Kier molecular flexibility index (Phi) is 4.39. The molecule has 0 aromatic heterocycles. The summed E-state index contributed by atoms with van der Waals surface area (Å²) in [4.78, 5) is 2.25. The van der Waals surface area contributed by atoms with Crippen molar-refractivity contribution in [1.29, 1.82) is 5.41 Å². The van der Waals surface area contributed by atoms with Gasteiger partial charge in [-0.3, -0.25) is 10.3 Å². The SMILES string of the molecule is CCC(C(=N)N)N(C)CC1CCCC1. The third-order valence-electron chi connectivity index (χ3n) is 3.30. The zero-order valence-corrected chi connectivity index (χ0v) is 9.42. The lowest BCUT2D eigenvalue weighted by molar-refractivity contribution is 0.244. The summed E-state index contributed by atoms with van der Waals surface area (Å²) < 4.78 is 0. The Morgan fingerprint density at radius 1 is 1.50 bits per heavy atom. The summed E-state index contributed by atoms with van der Waals surface area (Å²) >= 11 is 0. The summed E-state index contributed by atoms with van der Waals surface area (Å²) in [5, 5.41) is 7.49. The second-order valence-corrected chi connectivity index (χ2v) is 4.47. The number of nitrogens with zero attached hydrogens (tertiary/aromatic N) is 1. The first kappa shape index (κ1) is 11.5. The van der Waals surface area contributed by atoms with Gasteiger partial charge in [0.05, 0.1) is 6.04 Å². The van der Waals surface area contributed by atoms with Crippen molar-refractivity contribution < 1.29 is 0 Å². The van der Waals surface area contributed by atoms with E-state index >= 15 is 0 Å². The van der Waals surface area contributed by atoms with Gasteiger partial charge in [-0.25, -0.2) is 0 Å². The van der Waals surface area contributed by atoms with E-state index in [1.165, 1.54) is 25.7 Å². The Hall–Kier alpha value is -0.570. The molecular weight excluding hydrogens is 174 g/mol. The summed E-state index contributed by atoms with van der Waals surface area (Å²) in [6.07, 6.45) is 6.43. The van der Waals surface area contributed by atoms with Crippen molar-refractivity contribution in [3.05, 3.63) is 0 Å². The van der Waals surface area contributed by atoms with E-state index in [4.69, 9.17) is 11.1 Å². The fraction of sp³-hybridized carbons (Fsp3) is 0.909. The second-order valence-electron chi connectivity index (χ2n) is 4.47. The first-order valence-corrected chi connectivity index (χ1v) is 5.69. The minimum Gasteiger partial charge on any atom is -0.386 e. The maximum Gasteiger partial charge on any atom is 0.108 e. The summed E-state index contributed by atoms with van der Waals surface area (Å²) in [6, 6.07) is 0.149. The molecule has 0 aromatic carbocycles. The van der Waals surface area contributed by atoms with Gasteiger partial charge in [-0.15, -0.1) is 0 Å².